The summed E-state index contributed by atoms with van der Waals surface area (Å²) in [6, 6.07) is 9.34. The smallest absolute Gasteiger partial charge is 0.227 e. The van der Waals surface area contributed by atoms with Crippen molar-refractivity contribution in [2.24, 2.45) is 5.92 Å². The second-order valence-corrected chi connectivity index (χ2v) is 8.92. The van der Waals surface area contributed by atoms with Crippen molar-refractivity contribution >= 4 is 21.6 Å². The summed E-state index contributed by atoms with van der Waals surface area (Å²) < 4.78 is 27.8. The molecular formula is C19H26N4O3S. The van der Waals surface area contributed by atoms with Crippen molar-refractivity contribution in [3.05, 3.63) is 42.7 Å². The molecule has 1 aliphatic heterocycles. The highest BCUT2D eigenvalue weighted by Crippen LogP contribution is 2.23. The number of hydrogen-bond acceptors (Lipinski definition) is 4. The summed E-state index contributed by atoms with van der Waals surface area (Å²) in [5, 5.41) is 7.14. The Labute approximate surface area is 160 Å². The molecule has 1 aliphatic rings. The van der Waals surface area contributed by atoms with Crippen LogP contribution >= 0.6 is 0 Å². The molecule has 1 fully saturated rings. The fourth-order valence-corrected chi connectivity index (χ4v) is 4.92. The highest BCUT2D eigenvalue weighted by Gasteiger charge is 2.30. The molecule has 8 heteroatoms. The van der Waals surface area contributed by atoms with Gasteiger partial charge in [0.1, 0.15) is 0 Å². The molecular weight excluding hydrogens is 364 g/mol. The third-order valence-electron chi connectivity index (χ3n) is 4.86. The lowest BCUT2D eigenvalue weighted by molar-refractivity contribution is -0.120. The van der Waals surface area contributed by atoms with Gasteiger partial charge in [0, 0.05) is 37.1 Å². The summed E-state index contributed by atoms with van der Waals surface area (Å²) in [4.78, 5) is 12.6. The monoisotopic (exact) mass is 390 g/mol. The van der Waals surface area contributed by atoms with Crippen molar-refractivity contribution in [2.45, 2.75) is 32.6 Å². The minimum atomic E-state index is -3.19. The summed E-state index contributed by atoms with van der Waals surface area (Å²) in [6.45, 7) is 2.81. The predicted molar refractivity (Wildman–Crippen MR) is 105 cm³/mol. The largest absolute Gasteiger partial charge is 0.326 e. The number of benzene rings is 1. The Morgan fingerprint density at radius 2 is 2.04 bits per heavy atom. The van der Waals surface area contributed by atoms with E-state index in [0.717, 1.165) is 12.1 Å². The van der Waals surface area contributed by atoms with Crippen molar-refractivity contribution in [3.8, 4) is 5.69 Å². The van der Waals surface area contributed by atoms with Crippen LogP contribution in [0.4, 0.5) is 5.69 Å². The van der Waals surface area contributed by atoms with Crippen LogP contribution in [0, 0.1) is 5.92 Å². The Morgan fingerprint density at radius 1 is 1.26 bits per heavy atom. The molecule has 0 atom stereocenters. The molecule has 7 nitrogen and oxygen atoms in total. The fraction of sp³-hybridized carbons (Fsp3) is 0.474. The molecule has 146 valence electrons. The van der Waals surface area contributed by atoms with Gasteiger partial charge >= 0.3 is 0 Å². The van der Waals surface area contributed by atoms with Crippen LogP contribution in [0.25, 0.3) is 5.69 Å². The standard InChI is InChI=1S/C19H26N4O3S/c1-2-3-14-27(25,26)22-12-8-16(9-13-22)19(24)21-17-6-4-7-18(15-17)23-11-5-10-20-23/h4-7,10-11,15-16H,2-3,8-9,12-14H2,1H3,(H,21,24). The lowest BCUT2D eigenvalue weighted by Gasteiger charge is -2.30. The van der Waals surface area contributed by atoms with Crippen LogP contribution in [-0.4, -0.2) is 47.3 Å². The number of nitrogens with one attached hydrogen (secondary N) is 1. The van der Waals surface area contributed by atoms with Crippen LogP contribution < -0.4 is 5.32 Å². The summed E-state index contributed by atoms with van der Waals surface area (Å²) in [7, 11) is -3.19. The molecule has 1 aromatic carbocycles. The van der Waals surface area contributed by atoms with Crippen molar-refractivity contribution < 1.29 is 13.2 Å². The average molecular weight is 391 g/mol. The van der Waals surface area contributed by atoms with Crippen LogP contribution in [0.2, 0.25) is 0 Å². The number of hydrogen-bond donors (Lipinski definition) is 1. The molecule has 0 unspecified atom stereocenters. The van der Waals surface area contributed by atoms with E-state index in [0.29, 0.717) is 38.0 Å². The van der Waals surface area contributed by atoms with E-state index in [4.69, 9.17) is 0 Å². The van der Waals surface area contributed by atoms with E-state index in [9.17, 15) is 13.2 Å². The maximum atomic E-state index is 12.6. The van der Waals surface area contributed by atoms with Crippen molar-refractivity contribution in [2.75, 3.05) is 24.2 Å². The summed E-state index contributed by atoms with van der Waals surface area (Å²) in [5.41, 5.74) is 1.58. The van der Waals surface area contributed by atoms with Gasteiger partial charge in [-0.25, -0.2) is 17.4 Å². The van der Waals surface area contributed by atoms with Crippen molar-refractivity contribution in [1.82, 2.24) is 14.1 Å². The van der Waals surface area contributed by atoms with Crippen LogP contribution in [0.15, 0.2) is 42.7 Å². The molecule has 0 aliphatic carbocycles. The Kier molecular flexibility index (Phi) is 6.28. The Hall–Kier alpha value is -2.19. The minimum Gasteiger partial charge on any atom is -0.326 e. The number of carbonyl (C=O) groups is 1. The van der Waals surface area contributed by atoms with Gasteiger partial charge in [-0.3, -0.25) is 4.79 Å². The second-order valence-electron chi connectivity index (χ2n) is 6.83. The predicted octanol–water partition coefficient (Wildman–Crippen LogP) is 2.65. The molecule has 0 spiro atoms. The Morgan fingerprint density at radius 3 is 2.70 bits per heavy atom. The highest BCUT2D eigenvalue weighted by atomic mass is 32.2. The van der Waals surface area contributed by atoms with Crippen LogP contribution in [0.3, 0.4) is 0 Å². The van der Waals surface area contributed by atoms with Crippen LogP contribution in [-0.2, 0) is 14.8 Å². The summed E-state index contributed by atoms with van der Waals surface area (Å²) >= 11 is 0. The van der Waals surface area contributed by atoms with Gasteiger partial charge in [0.2, 0.25) is 15.9 Å². The molecule has 1 aromatic heterocycles. The van der Waals surface area contributed by atoms with Crippen molar-refractivity contribution in [1.29, 1.82) is 0 Å². The first-order valence-electron chi connectivity index (χ1n) is 9.38. The van der Waals surface area contributed by atoms with E-state index < -0.39 is 10.0 Å². The molecule has 2 heterocycles. The zero-order valence-corrected chi connectivity index (χ0v) is 16.4. The lowest BCUT2D eigenvalue weighted by atomic mass is 9.97. The SMILES string of the molecule is CCCCS(=O)(=O)N1CCC(C(=O)Nc2cccc(-n3cccn3)c2)CC1. The van der Waals surface area contributed by atoms with Gasteiger partial charge in [-0.15, -0.1) is 0 Å². The third kappa shape index (κ3) is 4.95. The molecule has 2 aromatic rings. The van der Waals surface area contributed by atoms with Crippen LogP contribution in [0.5, 0.6) is 0 Å². The number of anilines is 1. The maximum Gasteiger partial charge on any atom is 0.227 e. The highest BCUT2D eigenvalue weighted by molar-refractivity contribution is 7.89. The minimum absolute atomic E-state index is 0.0572. The lowest BCUT2D eigenvalue weighted by Crippen LogP contribution is -2.42. The summed E-state index contributed by atoms with van der Waals surface area (Å²) in [5.74, 6) is -0.0326. The maximum absolute atomic E-state index is 12.6. The average Bonchev–Trinajstić information content (AvgIpc) is 3.21. The Balaban J connectivity index is 1.57. The van der Waals surface area contributed by atoms with E-state index >= 15 is 0 Å². The first kappa shape index (κ1) is 19.6. The first-order chi connectivity index (χ1) is 13.0. The molecule has 27 heavy (non-hydrogen) atoms. The molecule has 0 saturated carbocycles. The number of rotatable bonds is 7. The van der Waals surface area contributed by atoms with E-state index in [-0.39, 0.29) is 17.6 Å². The Bertz CT molecular complexity index is 857. The number of amides is 1. The molecule has 3 rings (SSSR count). The normalized spacial score (nSPS) is 16.3. The number of piperidine rings is 1. The van der Waals surface area contributed by atoms with E-state index in [1.54, 1.807) is 10.9 Å². The molecule has 1 N–H and O–H groups in total. The number of aromatic nitrogens is 2. The van der Waals surface area contributed by atoms with Crippen molar-refractivity contribution in [3.63, 3.8) is 0 Å². The molecule has 0 radical (unpaired) electrons. The first-order valence-corrected chi connectivity index (χ1v) is 11.0. The third-order valence-corrected chi connectivity index (χ3v) is 6.81. The van der Waals surface area contributed by atoms with E-state index in [1.165, 1.54) is 4.31 Å². The van der Waals surface area contributed by atoms with Gasteiger partial charge < -0.3 is 5.32 Å². The van der Waals surface area contributed by atoms with Gasteiger partial charge in [-0.05, 0) is 43.5 Å². The fourth-order valence-electron chi connectivity index (χ4n) is 3.24. The molecule has 1 amide bonds. The number of unbranched alkanes of at least 4 members (excludes halogenated alkanes) is 1. The van der Waals surface area contributed by atoms with E-state index in [2.05, 4.69) is 10.4 Å². The number of sulfonamides is 1. The zero-order valence-electron chi connectivity index (χ0n) is 15.5. The van der Waals surface area contributed by atoms with Gasteiger partial charge in [-0.1, -0.05) is 19.4 Å². The topological polar surface area (TPSA) is 84.3 Å². The van der Waals surface area contributed by atoms with Crippen LogP contribution in [0.1, 0.15) is 32.6 Å². The number of nitrogens with zero attached hydrogens (tertiary/aromatic N) is 3. The summed E-state index contributed by atoms with van der Waals surface area (Å²) in [6.07, 6.45) is 6.18. The zero-order chi connectivity index (χ0) is 19.3. The van der Waals surface area contributed by atoms with Gasteiger partial charge in [-0.2, -0.15) is 5.10 Å². The molecule has 0 bridgehead atoms. The second kappa shape index (κ2) is 8.67. The van der Waals surface area contributed by atoms with Gasteiger partial charge in [0.25, 0.3) is 0 Å². The quantitative estimate of drug-likeness (QED) is 0.788. The van der Waals surface area contributed by atoms with Gasteiger partial charge in [0.05, 0.1) is 11.4 Å². The number of carbonyl (C=O) groups excluding carboxylic acids is 1. The van der Waals surface area contributed by atoms with E-state index in [1.807, 2.05) is 43.5 Å². The van der Waals surface area contributed by atoms with Gasteiger partial charge in [0.15, 0.2) is 0 Å². The molecule has 1 saturated heterocycles.